The van der Waals surface area contributed by atoms with Crippen LogP contribution in [0, 0.1) is 0 Å². The molecular weight excluding hydrogens is 488 g/mol. The van der Waals surface area contributed by atoms with Gasteiger partial charge in [-0.25, -0.2) is 4.68 Å². The molecule has 0 aliphatic rings. The van der Waals surface area contributed by atoms with Gasteiger partial charge < -0.3 is 24.8 Å². The normalized spacial score (nSPS) is 13.1. The Labute approximate surface area is 227 Å². The van der Waals surface area contributed by atoms with Crippen LogP contribution in [0.15, 0.2) is 24.4 Å². The van der Waals surface area contributed by atoms with E-state index < -0.39 is 5.54 Å². The number of hydrogen-bond acceptors (Lipinski definition) is 9. The molecule has 0 saturated carbocycles. The lowest BCUT2D eigenvalue weighted by Crippen LogP contribution is -2.29. The molecule has 2 N–H and O–H groups in total. The lowest BCUT2D eigenvalue weighted by atomic mass is 9.98. The number of nitrogens with two attached hydrogens (primary N) is 1. The fraction of sp³-hybridized carbons (Fsp3) is 0.643. The summed E-state index contributed by atoms with van der Waals surface area (Å²) in [6.45, 7) is 19.0. The number of benzene rings is 1. The summed E-state index contributed by atoms with van der Waals surface area (Å²) >= 11 is 0. The lowest BCUT2D eigenvalue weighted by Gasteiger charge is -2.27. The average molecular weight is 535 g/mol. The van der Waals surface area contributed by atoms with Gasteiger partial charge in [0.15, 0.2) is 12.5 Å². The van der Waals surface area contributed by atoms with Gasteiger partial charge in [0.25, 0.3) is 0 Å². The Bertz CT molecular complexity index is 1030. The predicted molar refractivity (Wildman–Crippen MR) is 146 cm³/mol. The first-order valence-electron chi connectivity index (χ1n) is 12.9. The zero-order valence-corrected chi connectivity index (χ0v) is 24.7. The molecule has 38 heavy (non-hydrogen) atoms. The van der Waals surface area contributed by atoms with Crippen molar-refractivity contribution in [3.8, 4) is 11.5 Å². The van der Waals surface area contributed by atoms with Gasteiger partial charge in [0.2, 0.25) is 0 Å². The van der Waals surface area contributed by atoms with Gasteiger partial charge >= 0.3 is 0 Å². The highest BCUT2D eigenvalue weighted by atomic mass is 17.5. The van der Waals surface area contributed by atoms with Crippen molar-refractivity contribution in [1.29, 1.82) is 0 Å². The number of methoxy groups -OCH3 is 1. The third-order valence-corrected chi connectivity index (χ3v) is 5.47. The van der Waals surface area contributed by atoms with Crippen LogP contribution in [-0.2, 0) is 32.7 Å². The second-order valence-electron chi connectivity index (χ2n) is 11.8. The maximum Gasteiger partial charge on any atom is 0.179 e. The van der Waals surface area contributed by atoms with Gasteiger partial charge in [-0.15, -0.1) is 5.10 Å². The third-order valence-electron chi connectivity index (χ3n) is 5.47. The summed E-state index contributed by atoms with van der Waals surface area (Å²) in [6.07, 6.45) is 6.23. The maximum atomic E-state index is 6.11. The zero-order valence-electron chi connectivity index (χ0n) is 24.7. The molecule has 0 aliphatic carbocycles. The Morgan fingerprint density at radius 2 is 1.74 bits per heavy atom. The van der Waals surface area contributed by atoms with E-state index in [9.17, 15) is 0 Å². The molecule has 1 aromatic carbocycles. The molecule has 10 nitrogen and oxygen atoms in total. The van der Waals surface area contributed by atoms with E-state index in [0.717, 1.165) is 23.3 Å². The summed E-state index contributed by atoms with van der Waals surface area (Å²) in [5.74, 6) is 1.44. The number of rotatable bonds is 15. The van der Waals surface area contributed by atoms with Gasteiger partial charge in [0.05, 0.1) is 31.1 Å². The molecule has 10 heteroatoms. The fourth-order valence-corrected chi connectivity index (χ4v) is 3.27. The van der Waals surface area contributed by atoms with Crippen molar-refractivity contribution in [2.75, 3.05) is 13.7 Å². The van der Waals surface area contributed by atoms with E-state index in [1.54, 1.807) is 13.3 Å². The minimum absolute atomic E-state index is 0.0238. The van der Waals surface area contributed by atoms with Crippen molar-refractivity contribution in [2.45, 2.75) is 105 Å². The molecule has 0 unspecified atom stereocenters. The zero-order chi connectivity index (χ0) is 28.6. The molecule has 2 rings (SSSR count). The molecule has 0 amide bonds. The quantitative estimate of drug-likeness (QED) is 0.178. The summed E-state index contributed by atoms with van der Waals surface area (Å²) in [6, 6.07) is 3.76. The van der Waals surface area contributed by atoms with E-state index >= 15 is 0 Å². The molecular formula is C28H46N4O6. The predicted octanol–water partition coefficient (Wildman–Crippen LogP) is 5.56. The molecule has 0 spiro atoms. The molecule has 2 aromatic rings. The van der Waals surface area contributed by atoms with Gasteiger partial charge in [-0.05, 0) is 78.0 Å². The van der Waals surface area contributed by atoms with Crippen molar-refractivity contribution in [1.82, 2.24) is 15.0 Å². The van der Waals surface area contributed by atoms with Gasteiger partial charge in [-0.1, -0.05) is 31.2 Å². The number of hydrogen-bond donors (Lipinski definition) is 1. The van der Waals surface area contributed by atoms with Crippen LogP contribution in [0.3, 0.4) is 0 Å². The highest BCUT2D eigenvalue weighted by molar-refractivity contribution is 5.62. The van der Waals surface area contributed by atoms with Crippen molar-refractivity contribution < 1.29 is 29.0 Å². The number of ether oxygens (including phenoxy) is 3. The summed E-state index contributed by atoms with van der Waals surface area (Å²) in [7, 11) is 1.64. The van der Waals surface area contributed by atoms with Crippen molar-refractivity contribution in [3.05, 3.63) is 41.2 Å². The topological polar surface area (TPSA) is 112 Å². The van der Waals surface area contributed by atoms with Crippen LogP contribution >= 0.6 is 0 Å². The monoisotopic (exact) mass is 534 g/mol. The van der Waals surface area contributed by atoms with Gasteiger partial charge in [0, 0.05) is 23.3 Å². The molecule has 0 atom stereocenters. The summed E-state index contributed by atoms with van der Waals surface area (Å²) in [5, 5.41) is 13.2. The molecule has 0 saturated heterocycles. The molecule has 0 radical (unpaired) electrons. The highest BCUT2D eigenvalue weighted by Crippen LogP contribution is 2.34. The molecule has 0 aliphatic heterocycles. The highest BCUT2D eigenvalue weighted by Gasteiger charge is 2.21. The minimum Gasteiger partial charge on any atom is -0.496 e. The minimum atomic E-state index is -0.498. The average Bonchev–Trinajstić information content (AvgIpc) is 3.25. The summed E-state index contributed by atoms with van der Waals surface area (Å²) in [5.41, 5.74) is 7.47. The van der Waals surface area contributed by atoms with E-state index in [2.05, 4.69) is 24.2 Å². The van der Waals surface area contributed by atoms with Crippen LogP contribution in [-0.4, -0.2) is 45.5 Å². The Morgan fingerprint density at radius 1 is 1.03 bits per heavy atom. The van der Waals surface area contributed by atoms with Crippen molar-refractivity contribution in [2.24, 2.45) is 5.73 Å². The number of nitrogens with zero attached hydrogens (tertiary/aromatic N) is 3. The first kappa shape index (κ1) is 31.7. The maximum absolute atomic E-state index is 6.11. The van der Waals surface area contributed by atoms with Crippen LogP contribution in [0.2, 0.25) is 0 Å². The van der Waals surface area contributed by atoms with E-state index in [4.69, 9.17) is 34.8 Å². The van der Waals surface area contributed by atoms with Crippen LogP contribution in [0.5, 0.6) is 11.5 Å². The third kappa shape index (κ3) is 11.5. The molecule has 214 valence electrons. The van der Waals surface area contributed by atoms with Gasteiger partial charge in [-0.2, -0.15) is 4.89 Å². The number of aromatic nitrogens is 3. The Hall–Kier alpha value is -2.50. The largest absolute Gasteiger partial charge is 0.496 e. The van der Waals surface area contributed by atoms with Crippen LogP contribution < -0.4 is 15.4 Å². The van der Waals surface area contributed by atoms with Crippen LogP contribution in [0.25, 0.3) is 6.08 Å². The van der Waals surface area contributed by atoms with E-state index in [1.165, 1.54) is 4.68 Å². The fourth-order valence-electron chi connectivity index (χ4n) is 3.27. The summed E-state index contributed by atoms with van der Waals surface area (Å²) in [4.78, 5) is 10.7. The van der Waals surface area contributed by atoms with E-state index in [-0.39, 0.29) is 23.9 Å². The first-order chi connectivity index (χ1) is 17.6. The second kappa shape index (κ2) is 13.5. The van der Waals surface area contributed by atoms with Gasteiger partial charge in [0.1, 0.15) is 11.4 Å². The Morgan fingerprint density at radius 3 is 2.34 bits per heavy atom. The molecule has 0 fully saturated rings. The summed E-state index contributed by atoms with van der Waals surface area (Å²) < 4.78 is 18.9. The van der Waals surface area contributed by atoms with E-state index in [0.29, 0.717) is 24.7 Å². The Kier molecular flexibility index (Phi) is 11.3. The van der Waals surface area contributed by atoms with Crippen LogP contribution in [0.1, 0.15) is 91.5 Å². The molecule has 1 heterocycles. The SMILES string of the molecule is COc1cc(/C=C/C(C)(C)N)c(OOOCn2cc(COC(C)(C)CCOC(C)(C)C)nn2)cc1C(C)C. The van der Waals surface area contributed by atoms with Crippen molar-refractivity contribution in [3.63, 3.8) is 0 Å². The van der Waals surface area contributed by atoms with Crippen molar-refractivity contribution >= 4 is 6.08 Å². The van der Waals surface area contributed by atoms with Gasteiger partial charge in [-0.3, -0.25) is 0 Å². The lowest BCUT2D eigenvalue weighted by molar-refractivity contribution is -0.479. The van der Waals surface area contributed by atoms with Crippen LogP contribution in [0.4, 0.5) is 0 Å². The van der Waals surface area contributed by atoms with E-state index in [1.807, 2.05) is 72.8 Å². The smallest absolute Gasteiger partial charge is 0.179 e. The first-order valence-corrected chi connectivity index (χ1v) is 12.9. The standard InChI is InChI=1S/C28H46N4O6/c1-20(2)23-16-24(21(15-25(23)33-10)11-12-27(6,7)29)37-38-36-19-32-17-22(30-31-32)18-35-28(8,9)13-14-34-26(3,4)5/h11-12,15-17,20H,13-14,18-19,29H2,1-10H3/b12-11+. The molecule has 0 bridgehead atoms. The second-order valence-corrected chi connectivity index (χ2v) is 11.8. The Balaban J connectivity index is 1.93. The molecule has 1 aromatic heterocycles.